The summed E-state index contributed by atoms with van der Waals surface area (Å²) in [4.78, 5) is 11.5. The van der Waals surface area contributed by atoms with E-state index in [0.29, 0.717) is 6.04 Å². The molecular formula is C12H18N4S. The summed E-state index contributed by atoms with van der Waals surface area (Å²) in [6.07, 6.45) is 6.11. The van der Waals surface area contributed by atoms with Crippen molar-refractivity contribution in [3.8, 4) is 0 Å². The highest BCUT2D eigenvalue weighted by Gasteiger charge is 2.38. The molecule has 92 valence electrons. The Kier molecular flexibility index (Phi) is 2.86. The number of thioether (sulfide) groups is 1. The van der Waals surface area contributed by atoms with Crippen LogP contribution < -0.4 is 10.2 Å². The van der Waals surface area contributed by atoms with Crippen LogP contribution in [-0.4, -0.2) is 35.9 Å². The van der Waals surface area contributed by atoms with E-state index in [1.807, 2.05) is 13.3 Å². The smallest absolute Gasteiger partial charge is 0.191 e. The van der Waals surface area contributed by atoms with Crippen LogP contribution in [0.2, 0.25) is 0 Å². The van der Waals surface area contributed by atoms with E-state index in [1.54, 1.807) is 11.8 Å². The fourth-order valence-electron chi connectivity index (χ4n) is 2.98. The molecule has 1 saturated carbocycles. The molecule has 1 aromatic rings. The van der Waals surface area contributed by atoms with Crippen molar-refractivity contribution >= 4 is 23.4 Å². The lowest BCUT2D eigenvalue weighted by Gasteiger charge is -2.28. The number of piperidine rings is 1. The molecule has 2 aliphatic rings. The van der Waals surface area contributed by atoms with Crippen molar-refractivity contribution < 1.29 is 0 Å². The average molecular weight is 250 g/mol. The molecule has 0 spiro atoms. The van der Waals surface area contributed by atoms with Crippen LogP contribution in [0.5, 0.6) is 0 Å². The third kappa shape index (κ3) is 1.97. The first-order chi connectivity index (χ1) is 8.30. The molecule has 4 nitrogen and oxygen atoms in total. The largest absolute Gasteiger partial charge is 0.373 e. The highest BCUT2D eigenvalue weighted by molar-refractivity contribution is 7.98. The lowest BCUT2D eigenvalue weighted by atomic mass is 10.1. The maximum atomic E-state index is 4.64. The molecule has 2 unspecified atom stereocenters. The van der Waals surface area contributed by atoms with Gasteiger partial charge in [-0.1, -0.05) is 11.8 Å². The lowest BCUT2D eigenvalue weighted by molar-refractivity contribution is 0.549. The van der Waals surface area contributed by atoms with E-state index in [0.717, 1.165) is 22.7 Å². The molecule has 0 amide bonds. The summed E-state index contributed by atoms with van der Waals surface area (Å²) in [5.41, 5.74) is 0. The van der Waals surface area contributed by atoms with Gasteiger partial charge in [-0.25, -0.2) is 9.97 Å². The fraction of sp³-hybridized carbons (Fsp3) is 0.667. The highest BCUT2D eigenvalue weighted by Crippen LogP contribution is 2.40. The van der Waals surface area contributed by atoms with Crippen LogP contribution >= 0.6 is 11.8 Å². The molecule has 2 atom stereocenters. The zero-order chi connectivity index (χ0) is 11.8. The molecule has 1 saturated heterocycles. The summed E-state index contributed by atoms with van der Waals surface area (Å²) in [6, 6.07) is 2.79. The van der Waals surface area contributed by atoms with Crippen LogP contribution in [0.15, 0.2) is 11.2 Å². The van der Waals surface area contributed by atoms with Gasteiger partial charge in [-0.15, -0.1) is 0 Å². The van der Waals surface area contributed by atoms with E-state index in [4.69, 9.17) is 0 Å². The monoisotopic (exact) mass is 250 g/mol. The minimum Gasteiger partial charge on any atom is -0.373 e. The number of nitrogens with one attached hydrogen (secondary N) is 1. The number of hydrogen-bond donors (Lipinski definition) is 1. The Labute approximate surface area is 106 Å². The van der Waals surface area contributed by atoms with E-state index < -0.39 is 0 Å². The van der Waals surface area contributed by atoms with Crippen molar-refractivity contribution in [2.75, 3.05) is 30.1 Å². The summed E-state index contributed by atoms with van der Waals surface area (Å²) < 4.78 is 0. The second-order valence-electron chi connectivity index (χ2n) is 4.83. The van der Waals surface area contributed by atoms with Gasteiger partial charge in [0.05, 0.1) is 0 Å². The van der Waals surface area contributed by atoms with Crippen LogP contribution in [0.25, 0.3) is 0 Å². The molecule has 1 aliphatic heterocycles. The van der Waals surface area contributed by atoms with Crippen LogP contribution in [-0.2, 0) is 0 Å². The predicted octanol–water partition coefficient (Wildman–Crippen LogP) is 2.23. The number of anilines is 2. The first-order valence-electron chi connectivity index (χ1n) is 6.17. The minimum atomic E-state index is 0.717. The van der Waals surface area contributed by atoms with E-state index in [1.165, 1.54) is 25.8 Å². The summed E-state index contributed by atoms with van der Waals surface area (Å²) in [5.74, 6) is 2.91. The minimum absolute atomic E-state index is 0.717. The number of fused-ring (bicyclic) bond motifs is 2. The standard InChI is InChI=1S/C12H18N4S/c1-13-10-6-11(15-12(14-10)17-2)16-7-8-3-4-9(16)5-8/h6,8-9H,3-5,7H2,1-2H3,(H,13,14,15). The molecule has 1 aliphatic carbocycles. The Morgan fingerprint density at radius 2 is 2.29 bits per heavy atom. The van der Waals surface area contributed by atoms with Gasteiger partial charge < -0.3 is 10.2 Å². The van der Waals surface area contributed by atoms with Crippen molar-refractivity contribution in [2.24, 2.45) is 5.92 Å². The van der Waals surface area contributed by atoms with Crippen molar-refractivity contribution in [1.82, 2.24) is 9.97 Å². The molecule has 3 rings (SSSR count). The first-order valence-corrected chi connectivity index (χ1v) is 7.40. The van der Waals surface area contributed by atoms with Gasteiger partial charge in [0.25, 0.3) is 0 Å². The van der Waals surface area contributed by atoms with E-state index in [-0.39, 0.29) is 0 Å². The number of hydrogen-bond acceptors (Lipinski definition) is 5. The number of nitrogens with zero attached hydrogens (tertiary/aromatic N) is 3. The summed E-state index contributed by atoms with van der Waals surface area (Å²) in [7, 11) is 1.91. The number of aromatic nitrogens is 2. The van der Waals surface area contributed by atoms with E-state index >= 15 is 0 Å². The molecule has 2 fully saturated rings. The number of rotatable bonds is 3. The molecular weight excluding hydrogens is 232 g/mol. The molecule has 0 radical (unpaired) electrons. The van der Waals surface area contributed by atoms with Gasteiger partial charge >= 0.3 is 0 Å². The van der Waals surface area contributed by atoms with Crippen LogP contribution in [0.3, 0.4) is 0 Å². The molecule has 2 bridgehead atoms. The van der Waals surface area contributed by atoms with Crippen molar-refractivity contribution in [2.45, 2.75) is 30.5 Å². The van der Waals surface area contributed by atoms with Crippen LogP contribution in [0, 0.1) is 5.92 Å². The molecule has 2 heterocycles. The highest BCUT2D eigenvalue weighted by atomic mass is 32.2. The van der Waals surface area contributed by atoms with Gasteiger partial charge in [-0.2, -0.15) is 0 Å². The fourth-order valence-corrected chi connectivity index (χ4v) is 3.36. The van der Waals surface area contributed by atoms with Gasteiger partial charge in [0, 0.05) is 25.7 Å². The first kappa shape index (κ1) is 11.1. The van der Waals surface area contributed by atoms with Gasteiger partial charge in [0.1, 0.15) is 11.6 Å². The summed E-state index contributed by atoms with van der Waals surface area (Å²) in [6.45, 7) is 1.18. The zero-order valence-corrected chi connectivity index (χ0v) is 11.1. The molecule has 5 heteroatoms. The maximum Gasteiger partial charge on any atom is 0.191 e. The molecule has 1 aromatic heterocycles. The SMILES string of the molecule is CNc1cc(N2CC3CCC2C3)nc(SC)n1. The topological polar surface area (TPSA) is 41.0 Å². The van der Waals surface area contributed by atoms with E-state index in [9.17, 15) is 0 Å². The second kappa shape index (κ2) is 4.37. The Morgan fingerprint density at radius 3 is 2.88 bits per heavy atom. The van der Waals surface area contributed by atoms with Gasteiger partial charge in [0.15, 0.2) is 5.16 Å². The third-order valence-corrected chi connectivity index (χ3v) is 4.38. The quantitative estimate of drug-likeness (QED) is 0.658. The summed E-state index contributed by atoms with van der Waals surface area (Å²) in [5, 5.41) is 3.97. The van der Waals surface area contributed by atoms with Crippen molar-refractivity contribution in [3.05, 3.63) is 6.07 Å². The van der Waals surface area contributed by atoms with Gasteiger partial charge in [-0.05, 0) is 31.4 Å². The van der Waals surface area contributed by atoms with Gasteiger partial charge in [-0.3, -0.25) is 0 Å². The van der Waals surface area contributed by atoms with Crippen LogP contribution in [0.1, 0.15) is 19.3 Å². The Hall–Kier alpha value is -0.970. The third-order valence-electron chi connectivity index (χ3n) is 3.83. The zero-order valence-electron chi connectivity index (χ0n) is 10.3. The van der Waals surface area contributed by atoms with Gasteiger partial charge in [0.2, 0.25) is 0 Å². The Bertz CT molecular complexity index is 401. The lowest BCUT2D eigenvalue weighted by Crippen LogP contribution is -2.32. The van der Waals surface area contributed by atoms with E-state index in [2.05, 4.69) is 26.3 Å². The predicted molar refractivity (Wildman–Crippen MR) is 71.8 cm³/mol. The van der Waals surface area contributed by atoms with Crippen molar-refractivity contribution in [3.63, 3.8) is 0 Å². The maximum absolute atomic E-state index is 4.64. The molecule has 1 N–H and O–H groups in total. The Balaban J connectivity index is 1.91. The summed E-state index contributed by atoms with van der Waals surface area (Å²) >= 11 is 1.60. The molecule has 17 heavy (non-hydrogen) atoms. The van der Waals surface area contributed by atoms with Crippen molar-refractivity contribution in [1.29, 1.82) is 0 Å². The molecule has 0 aromatic carbocycles. The average Bonchev–Trinajstić information content (AvgIpc) is 3.00. The normalized spacial score (nSPS) is 26.6. The van der Waals surface area contributed by atoms with Crippen LogP contribution in [0.4, 0.5) is 11.6 Å². The second-order valence-corrected chi connectivity index (χ2v) is 5.61. The Morgan fingerprint density at radius 1 is 1.41 bits per heavy atom.